The summed E-state index contributed by atoms with van der Waals surface area (Å²) in [6.45, 7) is 0. The minimum atomic E-state index is -0.558. The first-order valence-corrected chi connectivity index (χ1v) is 9.37. The van der Waals surface area contributed by atoms with Gasteiger partial charge >= 0.3 is 5.91 Å². The first kappa shape index (κ1) is 20.0. The Kier molecular flexibility index (Phi) is 5.53. The molecule has 4 rings (SSSR count). The number of hydrazine groups is 1. The number of aromatic nitrogens is 1. The van der Waals surface area contributed by atoms with Gasteiger partial charge in [0.2, 0.25) is 0 Å². The fourth-order valence-electron chi connectivity index (χ4n) is 3.16. The Labute approximate surface area is 177 Å². The van der Waals surface area contributed by atoms with Crippen molar-refractivity contribution in [3.8, 4) is 22.8 Å². The van der Waals surface area contributed by atoms with E-state index in [-0.39, 0.29) is 5.76 Å². The van der Waals surface area contributed by atoms with Gasteiger partial charge < -0.3 is 13.9 Å². The van der Waals surface area contributed by atoms with E-state index in [4.69, 9.17) is 13.9 Å². The van der Waals surface area contributed by atoms with Crippen molar-refractivity contribution in [2.45, 2.75) is 0 Å². The molecule has 0 aliphatic heterocycles. The smallest absolute Gasteiger partial charge is 0.305 e. The minimum Gasteiger partial charge on any atom is -0.493 e. The van der Waals surface area contributed by atoms with Gasteiger partial charge in [0.1, 0.15) is 0 Å². The molecular weight excluding hydrogens is 398 g/mol. The number of nitrogens with one attached hydrogen (secondary N) is 2. The van der Waals surface area contributed by atoms with Crippen LogP contribution in [0.4, 0.5) is 0 Å². The van der Waals surface area contributed by atoms with Crippen LogP contribution < -0.4 is 20.3 Å². The maximum Gasteiger partial charge on any atom is 0.305 e. The molecule has 0 aliphatic carbocycles. The van der Waals surface area contributed by atoms with Crippen LogP contribution in [-0.4, -0.2) is 31.0 Å². The summed E-state index contributed by atoms with van der Waals surface area (Å²) in [6.07, 6.45) is 1.38. The summed E-state index contributed by atoms with van der Waals surface area (Å²) in [5.41, 5.74) is 7.09. The quantitative estimate of drug-likeness (QED) is 0.481. The molecule has 2 aromatic heterocycles. The number of nitrogens with zero attached hydrogens (tertiary/aromatic N) is 1. The molecule has 156 valence electrons. The van der Waals surface area contributed by atoms with Crippen LogP contribution in [0.5, 0.6) is 11.5 Å². The third-order valence-electron chi connectivity index (χ3n) is 4.67. The topological polar surface area (TPSA) is 103 Å². The number of carbonyl (C=O) groups is 2. The predicted molar refractivity (Wildman–Crippen MR) is 114 cm³/mol. The van der Waals surface area contributed by atoms with Gasteiger partial charge in [-0.25, -0.2) is 4.98 Å². The maximum absolute atomic E-state index is 12.9. The number of para-hydroxylation sites is 1. The molecule has 2 heterocycles. The fraction of sp³-hybridized carbons (Fsp3) is 0.0870. The number of hydrogen-bond donors (Lipinski definition) is 2. The van der Waals surface area contributed by atoms with Crippen LogP contribution in [0.3, 0.4) is 0 Å². The number of amides is 2. The molecule has 2 aromatic carbocycles. The van der Waals surface area contributed by atoms with Gasteiger partial charge in [-0.2, -0.15) is 0 Å². The standard InChI is InChI=1S/C23H19N3O5/c1-29-19-10-9-14(12-21(19)30-2)18-13-16(15-6-3-4-7-17(15)24-18)22(27)25-26-23(28)20-8-5-11-31-20/h3-13H,1-2H3,(H,25,27)(H,26,28). The third-order valence-corrected chi connectivity index (χ3v) is 4.67. The number of methoxy groups -OCH3 is 2. The van der Waals surface area contributed by atoms with Crippen LogP contribution in [0, 0.1) is 0 Å². The largest absolute Gasteiger partial charge is 0.493 e. The van der Waals surface area contributed by atoms with Crippen molar-refractivity contribution in [2.24, 2.45) is 0 Å². The van der Waals surface area contributed by atoms with E-state index in [1.165, 1.54) is 12.3 Å². The monoisotopic (exact) mass is 417 g/mol. The van der Waals surface area contributed by atoms with Crippen LogP contribution in [0.2, 0.25) is 0 Å². The van der Waals surface area contributed by atoms with E-state index >= 15 is 0 Å². The molecule has 0 unspecified atom stereocenters. The zero-order valence-electron chi connectivity index (χ0n) is 16.8. The predicted octanol–water partition coefficient (Wildman–Crippen LogP) is 3.59. The lowest BCUT2D eigenvalue weighted by molar-refractivity contribution is 0.0831. The molecule has 2 N–H and O–H groups in total. The normalized spacial score (nSPS) is 10.5. The van der Waals surface area contributed by atoms with Crippen molar-refractivity contribution in [1.29, 1.82) is 0 Å². The van der Waals surface area contributed by atoms with Crippen molar-refractivity contribution in [3.63, 3.8) is 0 Å². The highest BCUT2D eigenvalue weighted by Crippen LogP contribution is 2.33. The molecule has 0 fully saturated rings. The average Bonchev–Trinajstić information content (AvgIpc) is 3.36. The Morgan fingerprint density at radius 2 is 1.65 bits per heavy atom. The number of benzene rings is 2. The van der Waals surface area contributed by atoms with Crippen molar-refractivity contribution in [3.05, 3.63) is 78.3 Å². The molecule has 0 bridgehead atoms. The number of furan rings is 1. The van der Waals surface area contributed by atoms with Gasteiger partial charge in [-0.15, -0.1) is 0 Å². The number of ether oxygens (including phenoxy) is 2. The summed E-state index contributed by atoms with van der Waals surface area (Å²) in [5.74, 6) is 0.181. The lowest BCUT2D eigenvalue weighted by Crippen LogP contribution is -2.41. The summed E-state index contributed by atoms with van der Waals surface area (Å²) in [5, 5.41) is 0.650. The highest BCUT2D eigenvalue weighted by molar-refractivity contribution is 6.08. The third kappa shape index (κ3) is 4.04. The highest BCUT2D eigenvalue weighted by atomic mass is 16.5. The minimum absolute atomic E-state index is 0.0888. The summed E-state index contributed by atoms with van der Waals surface area (Å²) in [7, 11) is 3.11. The summed E-state index contributed by atoms with van der Waals surface area (Å²) in [4.78, 5) is 29.7. The van der Waals surface area contributed by atoms with Gasteiger partial charge in [-0.05, 0) is 42.5 Å². The van der Waals surface area contributed by atoms with Gasteiger partial charge in [-0.3, -0.25) is 20.4 Å². The van der Waals surface area contributed by atoms with E-state index < -0.39 is 11.8 Å². The van der Waals surface area contributed by atoms with E-state index in [9.17, 15) is 9.59 Å². The molecule has 0 aliphatic rings. The fourth-order valence-corrected chi connectivity index (χ4v) is 3.16. The number of pyridine rings is 1. The lowest BCUT2D eigenvalue weighted by Gasteiger charge is -2.12. The number of rotatable bonds is 5. The molecule has 8 heteroatoms. The number of hydrogen-bond acceptors (Lipinski definition) is 6. The van der Waals surface area contributed by atoms with E-state index in [1.54, 1.807) is 44.6 Å². The van der Waals surface area contributed by atoms with Gasteiger partial charge in [-0.1, -0.05) is 18.2 Å². The van der Waals surface area contributed by atoms with Crippen LogP contribution in [0.1, 0.15) is 20.9 Å². The van der Waals surface area contributed by atoms with Crippen LogP contribution in [-0.2, 0) is 0 Å². The molecule has 0 radical (unpaired) electrons. The summed E-state index contributed by atoms with van der Waals surface area (Å²) < 4.78 is 15.7. The Morgan fingerprint density at radius 3 is 2.39 bits per heavy atom. The Morgan fingerprint density at radius 1 is 0.871 bits per heavy atom. The summed E-state index contributed by atoms with van der Waals surface area (Å²) in [6, 6.07) is 17.4. The Bertz CT molecular complexity index is 1250. The maximum atomic E-state index is 12.9. The molecule has 0 saturated carbocycles. The highest BCUT2D eigenvalue weighted by Gasteiger charge is 2.17. The van der Waals surface area contributed by atoms with Gasteiger partial charge in [0.05, 0.1) is 37.3 Å². The second-order valence-electron chi connectivity index (χ2n) is 6.53. The molecule has 8 nitrogen and oxygen atoms in total. The van der Waals surface area contributed by atoms with Gasteiger partial charge in [0.15, 0.2) is 17.3 Å². The first-order chi connectivity index (χ1) is 15.1. The SMILES string of the molecule is COc1ccc(-c2cc(C(=O)NNC(=O)c3ccco3)c3ccccc3n2)cc1OC. The van der Waals surface area contributed by atoms with Gasteiger partial charge in [0.25, 0.3) is 5.91 Å². The molecule has 31 heavy (non-hydrogen) atoms. The van der Waals surface area contributed by atoms with E-state index in [0.29, 0.717) is 33.7 Å². The summed E-state index contributed by atoms with van der Waals surface area (Å²) >= 11 is 0. The van der Waals surface area contributed by atoms with E-state index in [2.05, 4.69) is 15.8 Å². The molecule has 0 saturated heterocycles. The van der Waals surface area contributed by atoms with Crippen molar-refractivity contribution >= 4 is 22.7 Å². The average molecular weight is 417 g/mol. The van der Waals surface area contributed by atoms with Crippen molar-refractivity contribution < 1.29 is 23.5 Å². The Balaban J connectivity index is 1.70. The Hall–Kier alpha value is -4.33. The molecule has 0 spiro atoms. The zero-order valence-corrected chi connectivity index (χ0v) is 16.8. The zero-order chi connectivity index (χ0) is 21.8. The first-order valence-electron chi connectivity index (χ1n) is 9.37. The molecule has 4 aromatic rings. The van der Waals surface area contributed by atoms with Crippen molar-refractivity contribution in [1.82, 2.24) is 15.8 Å². The number of carbonyl (C=O) groups excluding carboxylic acids is 2. The molecular formula is C23H19N3O5. The van der Waals surface area contributed by atoms with E-state index in [1.807, 2.05) is 24.3 Å². The second kappa shape index (κ2) is 8.58. The molecule has 0 atom stereocenters. The van der Waals surface area contributed by atoms with E-state index in [0.717, 1.165) is 5.56 Å². The van der Waals surface area contributed by atoms with Crippen LogP contribution >= 0.6 is 0 Å². The van der Waals surface area contributed by atoms with Crippen LogP contribution in [0.15, 0.2) is 71.3 Å². The number of fused-ring (bicyclic) bond motifs is 1. The second-order valence-corrected chi connectivity index (χ2v) is 6.53. The lowest BCUT2D eigenvalue weighted by atomic mass is 10.0. The van der Waals surface area contributed by atoms with Crippen molar-refractivity contribution in [2.75, 3.05) is 14.2 Å². The van der Waals surface area contributed by atoms with Crippen LogP contribution in [0.25, 0.3) is 22.2 Å². The molecule has 2 amide bonds. The van der Waals surface area contributed by atoms with Gasteiger partial charge in [0, 0.05) is 10.9 Å².